The van der Waals surface area contributed by atoms with Gasteiger partial charge in [-0.25, -0.2) is 8.42 Å². The quantitative estimate of drug-likeness (QED) is 0.703. The van der Waals surface area contributed by atoms with E-state index in [0.717, 1.165) is 0 Å². The van der Waals surface area contributed by atoms with E-state index in [4.69, 9.17) is 33.0 Å². The molecule has 1 aromatic rings. The van der Waals surface area contributed by atoms with Crippen LogP contribution in [0.4, 0.5) is 0 Å². The lowest BCUT2D eigenvalue weighted by atomic mass is 10.3. The number of carbonyl (C=O) groups is 1. The van der Waals surface area contributed by atoms with Crippen molar-refractivity contribution in [1.29, 1.82) is 0 Å². The highest BCUT2D eigenvalue weighted by Crippen LogP contribution is 2.26. The van der Waals surface area contributed by atoms with Gasteiger partial charge in [-0.2, -0.15) is 0 Å². The fourth-order valence-corrected chi connectivity index (χ4v) is 3.30. The molecular formula is C14H19Cl2NO5S. The van der Waals surface area contributed by atoms with Crippen LogP contribution in [0.25, 0.3) is 0 Å². The molecule has 0 saturated heterocycles. The predicted molar refractivity (Wildman–Crippen MR) is 90.3 cm³/mol. The third-order valence-corrected chi connectivity index (χ3v) is 5.15. The summed E-state index contributed by atoms with van der Waals surface area (Å²) in [4.78, 5) is 12.2. The number of carboxylic acid groups (broad SMARTS) is 1. The summed E-state index contributed by atoms with van der Waals surface area (Å²) in [6.45, 7) is 2.54. The first-order valence-electron chi connectivity index (χ1n) is 6.81. The van der Waals surface area contributed by atoms with Gasteiger partial charge in [0.1, 0.15) is 17.6 Å². The number of carboxylic acids is 1. The molecule has 1 unspecified atom stereocenters. The van der Waals surface area contributed by atoms with E-state index in [9.17, 15) is 13.2 Å². The number of nitrogens with zero attached hydrogens (tertiary/aromatic N) is 1. The van der Waals surface area contributed by atoms with Crippen molar-refractivity contribution >= 4 is 39.0 Å². The minimum Gasteiger partial charge on any atom is -0.489 e. The molecule has 0 fully saturated rings. The molecule has 1 rings (SSSR count). The van der Waals surface area contributed by atoms with Crippen molar-refractivity contribution in [3.63, 3.8) is 0 Å². The highest BCUT2D eigenvalue weighted by Gasteiger charge is 2.17. The molecule has 23 heavy (non-hydrogen) atoms. The number of hydrogen-bond donors (Lipinski definition) is 1. The SMILES string of the molecule is CC(CN(C)CCS(=O)(=O)CC(=O)O)Oc1ccc(Cl)c(Cl)c1. The van der Waals surface area contributed by atoms with Crippen LogP contribution in [0.3, 0.4) is 0 Å². The minimum atomic E-state index is -3.60. The Hall–Kier alpha value is -1.02. The van der Waals surface area contributed by atoms with Gasteiger partial charge in [-0.05, 0) is 26.1 Å². The van der Waals surface area contributed by atoms with Gasteiger partial charge in [0.25, 0.3) is 0 Å². The van der Waals surface area contributed by atoms with Gasteiger partial charge in [-0.15, -0.1) is 0 Å². The molecule has 1 N–H and O–H groups in total. The Kier molecular flexibility index (Phi) is 7.60. The summed E-state index contributed by atoms with van der Waals surface area (Å²) in [5.41, 5.74) is 0. The van der Waals surface area contributed by atoms with E-state index in [0.29, 0.717) is 22.3 Å². The number of aliphatic carboxylic acids is 1. The van der Waals surface area contributed by atoms with Crippen LogP contribution in [-0.4, -0.2) is 62.1 Å². The van der Waals surface area contributed by atoms with E-state index in [1.165, 1.54) is 0 Å². The van der Waals surface area contributed by atoms with Crippen molar-refractivity contribution in [1.82, 2.24) is 4.90 Å². The Labute approximate surface area is 145 Å². The van der Waals surface area contributed by atoms with Gasteiger partial charge in [0, 0.05) is 19.2 Å². The zero-order chi connectivity index (χ0) is 17.6. The molecule has 0 aromatic heterocycles. The second-order valence-corrected chi connectivity index (χ2v) is 8.25. The maximum absolute atomic E-state index is 11.5. The van der Waals surface area contributed by atoms with Crippen molar-refractivity contribution in [3.8, 4) is 5.75 Å². The van der Waals surface area contributed by atoms with E-state index in [2.05, 4.69) is 0 Å². The average Bonchev–Trinajstić information content (AvgIpc) is 2.39. The molecule has 0 heterocycles. The lowest BCUT2D eigenvalue weighted by molar-refractivity contribution is -0.134. The van der Waals surface area contributed by atoms with E-state index in [-0.39, 0.29) is 18.4 Å². The maximum Gasteiger partial charge on any atom is 0.318 e. The molecule has 1 atom stereocenters. The third-order valence-electron chi connectivity index (χ3n) is 2.92. The van der Waals surface area contributed by atoms with Crippen molar-refractivity contribution in [2.75, 3.05) is 31.6 Å². The Bertz CT molecular complexity index is 651. The van der Waals surface area contributed by atoms with Gasteiger partial charge in [0.2, 0.25) is 0 Å². The van der Waals surface area contributed by atoms with Crippen LogP contribution in [0.1, 0.15) is 6.92 Å². The van der Waals surface area contributed by atoms with E-state index < -0.39 is 21.6 Å². The molecule has 1 aromatic carbocycles. The first-order valence-corrected chi connectivity index (χ1v) is 9.39. The molecule has 6 nitrogen and oxygen atoms in total. The average molecular weight is 384 g/mol. The second kappa shape index (κ2) is 8.73. The van der Waals surface area contributed by atoms with Gasteiger partial charge < -0.3 is 14.7 Å². The second-order valence-electron chi connectivity index (χ2n) is 5.25. The van der Waals surface area contributed by atoms with Crippen LogP contribution >= 0.6 is 23.2 Å². The smallest absolute Gasteiger partial charge is 0.318 e. The Morgan fingerprint density at radius 1 is 1.35 bits per heavy atom. The molecule has 0 amide bonds. The monoisotopic (exact) mass is 383 g/mol. The number of halogens is 2. The first kappa shape index (κ1) is 20.0. The van der Waals surface area contributed by atoms with E-state index >= 15 is 0 Å². The standard InChI is InChI=1S/C14H19Cl2NO5S/c1-10(22-11-3-4-12(15)13(16)7-11)8-17(2)5-6-23(20,21)9-14(18)19/h3-4,7,10H,5-6,8-9H2,1-2H3,(H,18,19). The molecule has 130 valence electrons. The molecular weight excluding hydrogens is 365 g/mol. The number of rotatable bonds is 9. The minimum absolute atomic E-state index is 0.209. The number of likely N-dealkylation sites (N-methyl/N-ethyl adjacent to an activating group) is 1. The van der Waals surface area contributed by atoms with Crippen LogP contribution in [-0.2, 0) is 14.6 Å². The summed E-state index contributed by atoms with van der Waals surface area (Å²) < 4.78 is 28.7. The topological polar surface area (TPSA) is 83.9 Å². The zero-order valence-corrected chi connectivity index (χ0v) is 15.2. The van der Waals surface area contributed by atoms with E-state index in [1.54, 1.807) is 30.1 Å². The lowest BCUT2D eigenvalue weighted by Crippen LogP contribution is -2.35. The van der Waals surface area contributed by atoms with Crippen LogP contribution in [0.15, 0.2) is 18.2 Å². The lowest BCUT2D eigenvalue weighted by Gasteiger charge is -2.22. The van der Waals surface area contributed by atoms with Gasteiger partial charge in [-0.1, -0.05) is 23.2 Å². The molecule has 0 bridgehead atoms. The summed E-state index contributed by atoms with van der Waals surface area (Å²) >= 11 is 11.7. The molecule has 0 radical (unpaired) electrons. The number of hydrogen-bond acceptors (Lipinski definition) is 5. The fourth-order valence-electron chi connectivity index (χ4n) is 1.91. The summed E-state index contributed by atoms with van der Waals surface area (Å²) in [5.74, 6) is -1.84. The van der Waals surface area contributed by atoms with Crippen molar-refractivity contribution < 1.29 is 23.1 Å². The molecule has 0 aliphatic carbocycles. The summed E-state index contributed by atoms with van der Waals surface area (Å²) in [6, 6.07) is 4.94. The summed E-state index contributed by atoms with van der Waals surface area (Å²) in [7, 11) is -1.85. The van der Waals surface area contributed by atoms with Crippen molar-refractivity contribution in [2.24, 2.45) is 0 Å². The van der Waals surface area contributed by atoms with Crippen LogP contribution in [0, 0.1) is 0 Å². The fraction of sp³-hybridized carbons (Fsp3) is 0.500. The summed E-state index contributed by atoms with van der Waals surface area (Å²) in [5, 5.41) is 9.36. The Morgan fingerprint density at radius 3 is 2.57 bits per heavy atom. The number of ether oxygens (including phenoxy) is 1. The van der Waals surface area contributed by atoms with Gasteiger partial charge >= 0.3 is 5.97 Å². The van der Waals surface area contributed by atoms with Crippen LogP contribution < -0.4 is 4.74 Å². The third kappa shape index (κ3) is 7.87. The Balaban J connectivity index is 2.45. The van der Waals surface area contributed by atoms with Crippen molar-refractivity contribution in [2.45, 2.75) is 13.0 Å². The van der Waals surface area contributed by atoms with Gasteiger partial charge in [0.15, 0.2) is 9.84 Å². The number of sulfone groups is 1. The number of benzene rings is 1. The van der Waals surface area contributed by atoms with Crippen molar-refractivity contribution in [3.05, 3.63) is 28.2 Å². The molecule has 0 aliphatic heterocycles. The van der Waals surface area contributed by atoms with Gasteiger partial charge in [-0.3, -0.25) is 4.79 Å². The highest BCUT2D eigenvalue weighted by atomic mass is 35.5. The van der Waals surface area contributed by atoms with Crippen LogP contribution in [0.2, 0.25) is 10.0 Å². The largest absolute Gasteiger partial charge is 0.489 e. The van der Waals surface area contributed by atoms with E-state index in [1.807, 2.05) is 6.92 Å². The molecule has 9 heteroatoms. The Morgan fingerprint density at radius 2 is 2.00 bits per heavy atom. The zero-order valence-electron chi connectivity index (χ0n) is 12.8. The molecule has 0 spiro atoms. The van der Waals surface area contributed by atoms with Crippen LogP contribution in [0.5, 0.6) is 5.75 Å². The van der Waals surface area contributed by atoms with Gasteiger partial charge in [0.05, 0.1) is 15.8 Å². The molecule has 0 aliphatic rings. The maximum atomic E-state index is 11.5. The molecule has 0 saturated carbocycles. The highest BCUT2D eigenvalue weighted by molar-refractivity contribution is 7.92. The summed E-state index contributed by atoms with van der Waals surface area (Å²) in [6.07, 6.45) is -0.209. The normalized spacial score (nSPS) is 13.1. The first-order chi connectivity index (χ1) is 10.6. The predicted octanol–water partition coefficient (Wildman–Crippen LogP) is 2.19.